The van der Waals surface area contributed by atoms with E-state index in [4.69, 9.17) is 0 Å². The zero-order valence-electron chi connectivity index (χ0n) is 9.57. The van der Waals surface area contributed by atoms with E-state index in [0.717, 1.165) is 10.0 Å². The van der Waals surface area contributed by atoms with Crippen LogP contribution in [-0.4, -0.2) is 17.5 Å². The Kier molecular flexibility index (Phi) is 4.09. The number of nitrogens with one attached hydrogen (secondary N) is 2. The number of rotatable bonds is 3. The summed E-state index contributed by atoms with van der Waals surface area (Å²) in [4.78, 5) is 22.6. The van der Waals surface area contributed by atoms with E-state index in [-0.39, 0.29) is 11.8 Å². The Morgan fingerprint density at radius 3 is 2.67 bits per heavy atom. The summed E-state index contributed by atoms with van der Waals surface area (Å²) in [6.45, 7) is 0.444. The molecule has 0 fully saturated rings. The van der Waals surface area contributed by atoms with E-state index in [1.165, 1.54) is 0 Å². The summed E-state index contributed by atoms with van der Waals surface area (Å²) in [5, 5.41) is 6.50. The van der Waals surface area contributed by atoms with Crippen LogP contribution in [0.5, 0.6) is 0 Å². The van der Waals surface area contributed by atoms with Crippen LogP contribution in [0.3, 0.4) is 0 Å². The fourth-order valence-electron chi connectivity index (χ4n) is 1.52. The maximum Gasteiger partial charge on any atom is 0.267 e. The number of hydrazone groups is 1. The van der Waals surface area contributed by atoms with Gasteiger partial charge in [0.15, 0.2) is 0 Å². The van der Waals surface area contributed by atoms with Crippen LogP contribution in [0.4, 0.5) is 0 Å². The third-order valence-electron chi connectivity index (χ3n) is 2.53. The molecule has 2 amide bonds. The molecule has 0 saturated carbocycles. The second-order valence-corrected chi connectivity index (χ2v) is 4.82. The van der Waals surface area contributed by atoms with Crippen molar-refractivity contribution >= 4 is 33.5 Å². The molecule has 0 saturated heterocycles. The Morgan fingerprint density at radius 1 is 1.33 bits per heavy atom. The molecule has 1 heterocycles. The van der Waals surface area contributed by atoms with Crippen molar-refractivity contribution in [1.29, 1.82) is 0 Å². The zero-order valence-corrected chi connectivity index (χ0v) is 11.2. The Morgan fingerprint density at radius 2 is 2.06 bits per heavy atom. The summed E-state index contributed by atoms with van der Waals surface area (Å²) in [5.74, 6) is -0.391. The zero-order chi connectivity index (χ0) is 13.0. The van der Waals surface area contributed by atoms with Crippen molar-refractivity contribution in [3.63, 3.8) is 0 Å². The van der Waals surface area contributed by atoms with Gasteiger partial charge in [-0.15, -0.1) is 0 Å². The Hall–Kier alpha value is -1.69. The van der Waals surface area contributed by atoms with Gasteiger partial charge in [-0.25, -0.2) is 5.43 Å². The topological polar surface area (TPSA) is 70.6 Å². The summed E-state index contributed by atoms with van der Waals surface area (Å²) in [6, 6.07) is 7.68. The van der Waals surface area contributed by atoms with E-state index in [1.54, 1.807) is 0 Å². The fourth-order valence-corrected chi connectivity index (χ4v) is 1.79. The molecule has 6 heteroatoms. The molecule has 0 bridgehead atoms. The van der Waals surface area contributed by atoms with Crippen LogP contribution in [0.2, 0.25) is 0 Å². The normalized spacial score (nSPS) is 14.7. The molecule has 0 aliphatic carbocycles. The lowest BCUT2D eigenvalue weighted by atomic mass is 10.1. The molecule has 94 valence electrons. The summed E-state index contributed by atoms with van der Waals surface area (Å²) < 4.78 is 0.997. The number of halogens is 1. The molecule has 0 atom stereocenters. The Balaban J connectivity index is 1.88. The Bertz CT molecular complexity index is 497. The largest absolute Gasteiger partial charge is 0.347 e. The molecule has 0 aromatic heterocycles. The van der Waals surface area contributed by atoms with Crippen molar-refractivity contribution < 1.29 is 9.59 Å². The van der Waals surface area contributed by atoms with Gasteiger partial charge in [-0.3, -0.25) is 9.59 Å². The van der Waals surface area contributed by atoms with Crippen LogP contribution in [0, 0.1) is 0 Å². The maximum atomic E-state index is 11.7. The third kappa shape index (κ3) is 3.40. The molecular formula is C12H12BrN3O2. The molecule has 5 nitrogen and oxygen atoms in total. The van der Waals surface area contributed by atoms with Crippen molar-refractivity contribution in [2.75, 3.05) is 0 Å². The van der Waals surface area contributed by atoms with E-state index < -0.39 is 0 Å². The SMILES string of the molecule is O=C1CCC(C(=O)NCc2ccc(Br)cc2)=NN1. The second-order valence-electron chi connectivity index (χ2n) is 3.90. The highest BCUT2D eigenvalue weighted by molar-refractivity contribution is 9.10. The lowest BCUT2D eigenvalue weighted by molar-refractivity contribution is -0.121. The average molecular weight is 310 g/mol. The highest BCUT2D eigenvalue weighted by atomic mass is 79.9. The van der Waals surface area contributed by atoms with Gasteiger partial charge in [-0.05, 0) is 17.7 Å². The molecule has 18 heavy (non-hydrogen) atoms. The number of amides is 2. The molecule has 0 spiro atoms. The highest BCUT2D eigenvalue weighted by Gasteiger charge is 2.17. The number of carbonyl (C=O) groups excluding carboxylic acids is 2. The molecule has 2 rings (SSSR count). The first-order chi connectivity index (χ1) is 8.65. The predicted octanol–water partition coefficient (Wildman–Crippen LogP) is 1.33. The van der Waals surface area contributed by atoms with Crippen molar-refractivity contribution in [1.82, 2.24) is 10.7 Å². The van der Waals surface area contributed by atoms with Crippen LogP contribution in [0.1, 0.15) is 18.4 Å². The smallest absolute Gasteiger partial charge is 0.267 e. The molecule has 1 aliphatic rings. The lowest BCUT2D eigenvalue weighted by Gasteiger charge is -2.11. The number of hydrogen-bond acceptors (Lipinski definition) is 3. The summed E-state index contributed by atoms with van der Waals surface area (Å²) in [7, 11) is 0. The van der Waals surface area contributed by atoms with Crippen LogP contribution in [-0.2, 0) is 16.1 Å². The van der Waals surface area contributed by atoms with Crippen molar-refractivity contribution in [3.8, 4) is 0 Å². The number of carbonyl (C=O) groups is 2. The molecule has 1 aliphatic heterocycles. The second kappa shape index (κ2) is 5.77. The van der Waals surface area contributed by atoms with E-state index in [2.05, 4.69) is 31.8 Å². The average Bonchev–Trinajstić information content (AvgIpc) is 2.38. The van der Waals surface area contributed by atoms with Gasteiger partial charge in [0.05, 0.1) is 0 Å². The monoisotopic (exact) mass is 309 g/mol. The predicted molar refractivity (Wildman–Crippen MR) is 70.8 cm³/mol. The first kappa shape index (κ1) is 12.8. The molecule has 2 N–H and O–H groups in total. The standard InChI is InChI=1S/C12H12BrN3O2/c13-9-3-1-8(2-4-9)7-14-12(18)10-5-6-11(17)16-15-10/h1-4H,5-7H2,(H,14,18)(H,16,17). The molecule has 0 radical (unpaired) electrons. The molecular weight excluding hydrogens is 298 g/mol. The van der Waals surface area contributed by atoms with Crippen molar-refractivity contribution in [2.45, 2.75) is 19.4 Å². The van der Waals surface area contributed by atoms with Gasteiger partial charge in [0.2, 0.25) is 5.91 Å². The first-order valence-corrected chi connectivity index (χ1v) is 6.32. The van der Waals surface area contributed by atoms with Crippen LogP contribution in [0.15, 0.2) is 33.8 Å². The molecule has 1 aromatic rings. The van der Waals surface area contributed by atoms with Gasteiger partial charge in [-0.1, -0.05) is 28.1 Å². The number of benzene rings is 1. The first-order valence-electron chi connectivity index (χ1n) is 5.53. The van der Waals surface area contributed by atoms with Crippen molar-refractivity contribution in [3.05, 3.63) is 34.3 Å². The molecule has 1 aromatic carbocycles. The van der Waals surface area contributed by atoms with Gasteiger partial charge in [0.1, 0.15) is 5.71 Å². The van der Waals surface area contributed by atoms with Gasteiger partial charge >= 0.3 is 0 Å². The van der Waals surface area contributed by atoms with Crippen LogP contribution >= 0.6 is 15.9 Å². The van der Waals surface area contributed by atoms with E-state index in [0.29, 0.717) is 25.1 Å². The van der Waals surface area contributed by atoms with Gasteiger partial charge in [-0.2, -0.15) is 5.10 Å². The van der Waals surface area contributed by atoms with Crippen molar-refractivity contribution in [2.24, 2.45) is 5.10 Å². The minimum Gasteiger partial charge on any atom is -0.347 e. The molecule has 0 unspecified atom stereocenters. The fraction of sp³-hybridized carbons (Fsp3) is 0.250. The third-order valence-corrected chi connectivity index (χ3v) is 3.06. The summed E-state index contributed by atoms with van der Waals surface area (Å²) in [5.41, 5.74) is 3.67. The highest BCUT2D eigenvalue weighted by Crippen LogP contribution is 2.10. The van der Waals surface area contributed by atoms with E-state index in [9.17, 15) is 9.59 Å². The van der Waals surface area contributed by atoms with E-state index in [1.807, 2.05) is 24.3 Å². The van der Waals surface area contributed by atoms with Gasteiger partial charge in [0, 0.05) is 23.9 Å². The van der Waals surface area contributed by atoms with Crippen LogP contribution < -0.4 is 10.7 Å². The minimum absolute atomic E-state index is 0.153. The van der Waals surface area contributed by atoms with E-state index >= 15 is 0 Å². The number of nitrogens with zero attached hydrogens (tertiary/aromatic N) is 1. The minimum atomic E-state index is -0.238. The lowest BCUT2D eigenvalue weighted by Crippen LogP contribution is -2.36. The number of hydrogen-bond donors (Lipinski definition) is 2. The van der Waals surface area contributed by atoms with Gasteiger partial charge < -0.3 is 5.32 Å². The summed E-state index contributed by atoms with van der Waals surface area (Å²) >= 11 is 3.35. The summed E-state index contributed by atoms with van der Waals surface area (Å²) in [6.07, 6.45) is 0.697. The maximum absolute atomic E-state index is 11.7. The van der Waals surface area contributed by atoms with Gasteiger partial charge in [0.25, 0.3) is 5.91 Å². The quantitative estimate of drug-likeness (QED) is 0.884. The van der Waals surface area contributed by atoms with Crippen LogP contribution in [0.25, 0.3) is 0 Å². The Labute approximate surface area is 113 Å².